The standard InChI is InChI=1S/C23H19Cl2N3O3/c24-18-7-5-16(6-8-18)15-31-21-4-2-1-3-17(21)14-26-28-23(30)13-22(29)27-20-11-9-19(25)10-12-20/h1-12,14H,13,15H2,(H,27,29)(H,28,30). The van der Waals surface area contributed by atoms with E-state index >= 15 is 0 Å². The summed E-state index contributed by atoms with van der Waals surface area (Å²) in [4.78, 5) is 23.9. The van der Waals surface area contributed by atoms with Gasteiger partial charge < -0.3 is 10.1 Å². The number of benzene rings is 3. The van der Waals surface area contributed by atoms with Gasteiger partial charge in [-0.25, -0.2) is 5.43 Å². The topological polar surface area (TPSA) is 79.8 Å². The van der Waals surface area contributed by atoms with Crippen LogP contribution in [0.15, 0.2) is 77.9 Å². The van der Waals surface area contributed by atoms with E-state index in [0.717, 1.165) is 5.56 Å². The largest absolute Gasteiger partial charge is 0.488 e. The number of hydrazone groups is 1. The van der Waals surface area contributed by atoms with E-state index in [4.69, 9.17) is 27.9 Å². The van der Waals surface area contributed by atoms with Gasteiger partial charge >= 0.3 is 0 Å². The maximum atomic E-state index is 12.0. The second-order valence-corrected chi connectivity index (χ2v) is 7.35. The van der Waals surface area contributed by atoms with Crippen molar-refractivity contribution in [3.05, 3.63) is 94.0 Å². The zero-order valence-electron chi connectivity index (χ0n) is 16.3. The molecule has 0 spiro atoms. The Kier molecular flexibility index (Phi) is 8.04. The zero-order chi connectivity index (χ0) is 22.1. The molecule has 158 valence electrons. The first-order valence-electron chi connectivity index (χ1n) is 9.33. The summed E-state index contributed by atoms with van der Waals surface area (Å²) >= 11 is 11.7. The number of anilines is 1. The third-order valence-electron chi connectivity index (χ3n) is 4.07. The maximum absolute atomic E-state index is 12.0. The summed E-state index contributed by atoms with van der Waals surface area (Å²) in [6.45, 7) is 0.360. The molecule has 0 unspecified atom stereocenters. The molecule has 0 aromatic heterocycles. The average Bonchev–Trinajstić information content (AvgIpc) is 2.76. The second-order valence-electron chi connectivity index (χ2n) is 6.48. The fourth-order valence-corrected chi connectivity index (χ4v) is 2.81. The van der Waals surface area contributed by atoms with Crippen LogP contribution in [0, 0.1) is 0 Å². The summed E-state index contributed by atoms with van der Waals surface area (Å²) in [7, 11) is 0. The smallest absolute Gasteiger partial charge is 0.249 e. The van der Waals surface area contributed by atoms with Crippen molar-refractivity contribution in [1.29, 1.82) is 0 Å². The SMILES string of the molecule is O=C(CC(=O)Nc1ccc(Cl)cc1)NN=Cc1ccccc1OCc1ccc(Cl)cc1. The minimum atomic E-state index is -0.540. The minimum absolute atomic E-state index is 0.360. The van der Waals surface area contributed by atoms with Crippen molar-refractivity contribution in [2.24, 2.45) is 5.10 Å². The summed E-state index contributed by atoms with van der Waals surface area (Å²) in [5.41, 5.74) is 4.55. The van der Waals surface area contributed by atoms with Gasteiger partial charge in [-0.3, -0.25) is 9.59 Å². The number of ether oxygens (including phenoxy) is 1. The van der Waals surface area contributed by atoms with Crippen molar-refractivity contribution in [3.63, 3.8) is 0 Å². The number of nitrogens with one attached hydrogen (secondary N) is 2. The molecule has 3 aromatic carbocycles. The number of carbonyl (C=O) groups is 2. The van der Waals surface area contributed by atoms with E-state index in [9.17, 15) is 9.59 Å². The fourth-order valence-electron chi connectivity index (χ4n) is 2.56. The highest BCUT2D eigenvalue weighted by molar-refractivity contribution is 6.30. The minimum Gasteiger partial charge on any atom is -0.488 e. The molecule has 2 amide bonds. The van der Waals surface area contributed by atoms with Crippen LogP contribution >= 0.6 is 23.2 Å². The van der Waals surface area contributed by atoms with Crippen molar-refractivity contribution in [1.82, 2.24) is 5.43 Å². The summed E-state index contributed by atoms with van der Waals surface area (Å²) in [5, 5.41) is 7.75. The van der Waals surface area contributed by atoms with Gasteiger partial charge in [-0.05, 0) is 54.1 Å². The molecular formula is C23H19Cl2N3O3. The molecule has 0 saturated carbocycles. The van der Waals surface area contributed by atoms with Crippen LogP contribution in [0.1, 0.15) is 17.5 Å². The number of hydrogen-bond donors (Lipinski definition) is 2. The van der Waals surface area contributed by atoms with Gasteiger partial charge in [-0.15, -0.1) is 0 Å². The van der Waals surface area contributed by atoms with E-state index < -0.39 is 11.8 Å². The molecule has 3 rings (SSSR count). The summed E-state index contributed by atoms with van der Waals surface area (Å²) < 4.78 is 5.84. The summed E-state index contributed by atoms with van der Waals surface area (Å²) in [6, 6.07) is 21.2. The number of rotatable bonds is 8. The van der Waals surface area contributed by atoms with Crippen molar-refractivity contribution < 1.29 is 14.3 Å². The lowest BCUT2D eigenvalue weighted by molar-refractivity contribution is -0.126. The molecule has 0 bridgehead atoms. The Balaban J connectivity index is 1.50. The predicted molar refractivity (Wildman–Crippen MR) is 123 cm³/mol. The third-order valence-corrected chi connectivity index (χ3v) is 4.57. The predicted octanol–water partition coefficient (Wildman–Crippen LogP) is 5.05. The van der Waals surface area contributed by atoms with E-state index in [1.165, 1.54) is 6.21 Å². The Morgan fingerprint density at radius 3 is 2.23 bits per heavy atom. The van der Waals surface area contributed by atoms with Crippen molar-refractivity contribution in [3.8, 4) is 5.75 Å². The fraction of sp³-hybridized carbons (Fsp3) is 0.0870. The molecule has 0 fully saturated rings. The molecule has 0 aliphatic rings. The van der Waals surface area contributed by atoms with E-state index in [2.05, 4.69) is 15.8 Å². The van der Waals surface area contributed by atoms with Crippen LogP contribution in [0.4, 0.5) is 5.69 Å². The van der Waals surface area contributed by atoms with Crippen LogP contribution in [0.25, 0.3) is 0 Å². The first kappa shape index (κ1) is 22.3. The van der Waals surface area contributed by atoms with Crippen LogP contribution in [0.2, 0.25) is 10.0 Å². The molecule has 0 atom stereocenters. The summed E-state index contributed by atoms with van der Waals surface area (Å²) in [6.07, 6.45) is 1.10. The Bertz CT molecular complexity index is 1070. The molecule has 0 saturated heterocycles. The van der Waals surface area contributed by atoms with Gasteiger partial charge in [0, 0.05) is 21.3 Å². The highest BCUT2D eigenvalue weighted by atomic mass is 35.5. The second kappa shape index (κ2) is 11.2. The lowest BCUT2D eigenvalue weighted by Crippen LogP contribution is -2.24. The van der Waals surface area contributed by atoms with Gasteiger partial charge in [0.1, 0.15) is 18.8 Å². The van der Waals surface area contributed by atoms with Gasteiger partial charge in [0.05, 0.1) is 6.21 Å². The van der Waals surface area contributed by atoms with Gasteiger partial charge in [-0.1, -0.05) is 47.5 Å². The number of para-hydroxylation sites is 1. The Morgan fingerprint density at radius 2 is 1.52 bits per heavy atom. The van der Waals surface area contributed by atoms with Crippen molar-refractivity contribution >= 4 is 46.9 Å². The molecule has 8 heteroatoms. The van der Waals surface area contributed by atoms with E-state index in [0.29, 0.717) is 33.7 Å². The molecule has 6 nitrogen and oxygen atoms in total. The molecular weight excluding hydrogens is 437 g/mol. The Morgan fingerprint density at radius 1 is 0.871 bits per heavy atom. The van der Waals surface area contributed by atoms with Crippen LogP contribution in [0.5, 0.6) is 5.75 Å². The van der Waals surface area contributed by atoms with Gasteiger partial charge in [0.25, 0.3) is 0 Å². The lowest BCUT2D eigenvalue weighted by Gasteiger charge is -2.09. The number of nitrogens with zero attached hydrogens (tertiary/aromatic N) is 1. The quantitative estimate of drug-likeness (QED) is 0.283. The molecule has 2 N–H and O–H groups in total. The number of hydrogen-bond acceptors (Lipinski definition) is 4. The number of carbonyl (C=O) groups excluding carboxylic acids is 2. The van der Waals surface area contributed by atoms with Crippen molar-refractivity contribution in [2.75, 3.05) is 5.32 Å². The van der Waals surface area contributed by atoms with Gasteiger partial charge in [0.2, 0.25) is 11.8 Å². The van der Waals surface area contributed by atoms with Gasteiger partial charge in [-0.2, -0.15) is 5.10 Å². The molecule has 0 aliphatic heterocycles. The molecule has 0 aliphatic carbocycles. The third kappa shape index (κ3) is 7.44. The normalized spacial score (nSPS) is 10.6. The zero-order valence-corrected chi connectivity index (χ0v) is 17.9. The average molecular weight is 456 g/mol. The highest BCUT2D eigenvalue weighted by Gasteiger charge is 2.09. The number of halogens is 2. The van der Waals surface area contributed by atoms with E-state index in [1.54, 1.807) is 48.5 Å². The van der Waals surface area contributed by atoms with Crippen molar-refractivity contribution in [2.45, 2.75) is 13.0 Å². The van der Waals surface area contributed by atoms with Crippen LogP contribution in [-0.2, 0) is 16.2 Å². The molecule has 3 aromatic rings. The highest BCUT2D eigenvalue weighted by Crippen LogP contribution is 2.18. The van der Waals surface area contributed by atoms with Crippen LogP contribution in [-0.4, -0.2) is 18.0 Å². The van der Waals surface area contributed by atoms with Crippen LogP contribution in [0.3, 0.4) is 0 Å². The maximum Gasteiger partial charge on any atom is 0.249 e. The summed E-state index contributed by atoms with van der Waals surface area (Å²) in [5.74, 6) is -0.389. The first-order valence-corrected chi connectivity index (χ1v) is 10.1. The Hall–Kier alpha value is -3.35. The molecule has 0 radical (unpaired) electrons. The lowest BCUT2D eigenvalue weighted by atomic mass is 10.2. The number of amides is 2. The van der Waals surface area contributed by atoms with Crippen LogP contribution < -0.4 is 15.5 Å². The first-order chi connectivity index (χ1) is 15.0. The molecule has 31 heavy (non-hydrogen) atoms. The Labute approximate surface area is 189 Å². The van der Waals surface area contributed by atoms with Gasteiger partial charge in [0.15, 0.2) is 0 Å². The van der Waals surface area contributed by atoms with E-state index in [-0.39, 0.29) is 6.42 Å². The molecule has 0 heterocycles. The van der Waals surface area contributed by atoms with E-state index in [1.807, 2.05) is 24.3 Å². The monoisotopic (exact) mass is 455 g/mol.